The third kappa shape index (κ3) is 1.37. The molecule has 0 fully saturated rings. The highest BCUT2D eigenvalue weighted by Gasteiger charge is 2.03. The van der Waals surface area contributed by atoms with Crippen LogP contribution in [-0.2, 0) is 0 Å². The Kier molecular flexibility index (Phi) is 2.00. The van der Waals surface area contributed by atoms with Crippen molar-refractivity contribution >= 4 is 16.6 Å². The molecule has 1 aromatic carbocycles. The highest BCUT2D eigenvalue weighted by atomic mass is 16.5. The van der Waals surface area contributed by atoms with E-state index in [1.54, 1.807) is 7.11 Å². The number of fused-ring (bicyclic) bond motifs is 1. The van der Waals surface area contributed by atoms with Crippen molar-refractivity contribution in [2.24, 2.45) is 0 Å². The fourth-order valence-corrected chi connectivity index (χ4v) is 1.51. The monoisotopic (exact) mass is 188 g/mol. The molecule has 1 aromatic heterocycles. The molecule has 0 aliphatic rings. The molecule has 0 saturated heterocycles. The number of nitrogens with zero attached hydrogens (tertiary/aromatic N) is 1. The van der Waals surface area contributed by atoms with E-state index < -0.39 is 0 Å². The second-order valence-corrected chi connectivity index (χ2v) is 3.24. The number of nitrogens with two attached hydrogens (primary N) is 1. The van der Waals surface area contributed by atoms with Crippen LogP contribution in [0.2, 0.25) is 0 Å². The molecule has 0 atom stereocenters. The fraction of sp³-hybridized carbons (Fsp3) is 0.182. The molecule has 0 unspecified atom stereocenters. The lowest BCUT2D eigenvalue weighted by Gasteiger charge is -2.06. The van der Waals surface area contributed by atoms with Crippen LogP contribution in [0.25, 0.3) is 10.9 Å². The minimum absolute atomic E-state index is 0.724. The summed E-state index contributed by atoms with van der Waals surface area (Å²) in [7, 11) is 1.65. The van der Waals surface area contributed by atoms with Crippen LogP contribution in [0.5, 0.6) is 5.75 Å². The van der Waals surface area contributed by atoms with E-state index in [0.29, 0.717) is 0 Å². The van der Waals surface area contributed by atoms with Crippen LogP contribution in [0.15, 0.2) is 24.3 Å². The van der Waals surface area contributed by atoms with Crippen LogP contribution in [-0.4, -0.2) is 12.1 Å². The van der Waals surface area contributed by atoms with Gasteiger partial charge in [0.05, 0.1) is 12.6 Å². The normalized spacial score (nSPS) is 10.4. The number of nitrogen functional groups attached to an aromatic ring is 1. The van der Waals surface area contributed by atoms with E-state index in [1.165, 1.54) is 0 Å². The molecule has 3 heteroatoms. The Labute approximate surface area is 82.5 Å². The smallest absolute Gasteiger partial charge is 0.130 e. The first kappa shape index (κ1) is 8.81. The quantitative estimate of drug-likeness (QED) is 0.697. The molecule has 0 saturated carbocycles. The van der Waals surface area contributed by atoms with Crippen molar-refractivity contribution in [1.29, 1.82) is 0 Å². The Morgan fingerprint density at radius 2 is 2.07 bits per heavy atom. The average Bonchev–Trinajstić information content (AvgIpc) is 2.17. The number of rotatable bonds is 1. The zero-order valence-corrected chi connectivity index (χ0v) is 8.24. The molecule has 2 N–H and O–H groups in total. The first-order valence-electron chi connectivity index (χ1n) is 4.41. The van der Waals surface area contributed by atoms with E-state index in [2.05, 4.69) is 4.98 Å². The van der Waals surface area contributed by atoms with Gasteiger partial charge in [0.15, 0.2) is 0 Å². The molecular weight excluding hydrogens is 176 g/mol. The molecule has 2 rings (SSSR count). The number of aryl methyl sites for hydroxylation is 1. The van der Waals surface area contributed by atoms with Crippen molar-refractivity contribution in [3.63, 3.8) is 0 Å². The van der Waals surface area contributed by atoms with Crippen molar-refractivity contribution in [2.45, 2.75) is 6.92 Å². The lowest BCUT2D eigenvalue weighted by atomic mass is 10.1. The van der Waals surface area contributed by atoms with E-state index in [4.69, 9.17) is 10.5 Å². The van der Waals surface area contributed by atoms with Gasteiger partial charge in [-0.3, -0.25) is 4.98 Å². The molecule has 0 amide bonds. The average molecular weight is 188 g/mol. The number of methoxy groups -OCH3 is 1. The highest BCUT2D eigenvalue weighted by Crippen LogP contribution is 2.26. The van der Waals surface area contributed by atoms with Gasteiger partial charge in [0.1, 0.15) is 5.75 Å². The first-order chi connectivity index (χ1) is 6.70. The standard InChI is InChI=1S/C11H12N2O/c1-7-5-11(14-2)9-6-8(12)3-4-10(9)13-7/h3-6H,12H2,1-2H3. The molecule has 3 nitrogen and oxygen atoms in total. The molecule has 0 radical (unpaired) electrons. The van der Waals surface area contributed by atoms with Crippen molar-refractivity contribution in [2.75, 3.05) is 12.8 Å². The van der Waals surface area contributed by atoms with Crippen LogP contribution in [0.4, 0.5) is 5.69 Å². The molecule has 0 bridgehead atoms. The lowest BCUT2D eigenvalue weighted by molar-refractivity contribution is 0.419. The van der Waals surface area contributed by atoms with Crippen LogP contribution in [0.3, 0.4) is 0 Å². The maximum atomic E-state index is 5.70. The predicted molar refractivity (Wildman–Crippen MR) is 57.4 cm³/mol. The zero-order chi connectivity index (χ0) is 10.1. The third-order valence-electron chi connectivity index (χ3n) is 2.14. The number of anilines is 1. The van der Waals surface area contributed by atoms with E-state index in [-0.39, 0.29) is 0 Å². The number of hydrogen-bond donors (Lipinski definition) is 1. The molecule has 0 spiro atoms. The topological polar surface area (TPSA) is 48.1 Å². The van der Waals surface area contributed by atoms with Gasteiger partial charge in [-0.25, -0.2) is 0 Å². The van der Waals surface area contributed by atoms with Crippen molar-refractivity contribution < 1.29 is 4.74 Å². The van der Waals surface area contributed by atoms with Crippen molar-refractivity contribution in [1.82, 2.24) is 4.98 Å². The molecule has 0 aliphatic carbocycles. The van der Waals surface area contributed by atoms with E-state index in [9.17, 15) is 0 Å². The van der Waals surface area contributed by atoms with Gasteiger partial charge < -0.3 is 10.5 Å². The molecule has 72 valence electrons. The Balaban J connectivity index is 2.81. The Morgan fingerprint density at radius 1 is 1.29 bits per heavy atom. The van der Waals surface area contributed by atoms with Crippen LogP contribution >= 0.6 is 0 Å². The molecule has 14 heavy (non-hydrogen) atoms. The summed E-state index contributed by atoms with van der Waals surface area (Å²) in [5.41, 5.74) is 8.28. The summed E-state index contributed by atoms with van der Waals surface area (Å²) in [4.78, 5) is 4.39. The minimum Gasteiger partial charge on any atom is -0.496 e. The summed E-state index contributed by atoms with van der Waals surface area (Å²) in [6, 6.07) is 7.52. The number of aromatic nitrogens is 1. The van der Waals surface area contributed by atoms with E-state index >= 15 is 0 Å². The first-order valence-corrected chi connectivity index (χ1v) is 4.41. The van der Waals surface area contributed by atoms with Crippen molar-refractivity contribution in [3.8, 4) is 5.75 Å². The summed E-state index contributed by atoms with van der Waals surface area (Å²) in [6.45, 7) is 1.94. The number of pyridine rings is 1. The third-order valence-corrected chi connectivity index (χ3v) is 2.14. The van der Waals surface area contributed by atoms with Gasteiger partial charge in [0.2, 0.25) is 0 Å². The van der Waals surface area contributed by atoms with Crippen molar-refractivity contribution in [3.05, 3.63) is 30.0 Å². The summed E-state index contributed by atoms with van der Waals surface area (Å²) >= 11 is 0. The highest BCUT2D eigenvalue weighted by molar-refractivity contribution is 5.87. The predicted octanol–water partition coefficient (Wildman–Crippen LogP) is 2.13. The Hall–Kier alpha value is -1.77. The van der Waals surface area contributed by atoms with Gasteiger partial charge in [-0.2, -0.15) is 0 Å². The second kappa shape index (κ2) is 3.18. The van der Waals surface area contributed by atoms with Gasteiger partial charge in [-0.15, -0.1) is 0 Å². The van der Waals surface area contributed by atoms with Gasteiger partial charge >= 0.3 is 0 Å². The largest absolute Gasteiger partial charge is 0.496 e. The van der Waals surface area contributed by atoms with Gasteiger partial charge in [-0.1, -0.05) is 0 Å². The minimum atomic E-state index is 0.724. The Bertz CT molecular complexity index is 480. The van der Waals surface area contributed by atoms with Crippen LogP contribution < -0.4 is 10.5 Å². The maximum absolute atomic E-state index is 5.70. The number of hydrogen-bond acceptors (Lipinski definition) is 3. The van der Waals surface area contributed by atoms with Gasteiger partial charge in [-0.05, 0) is 25.1 Å². The molecule has 1 heterocycles. The summed E-state index contributed by atoms with van der Waals surface area (Å²) in [6.07, 6.45) is 0. The number of benzene rings is 1. The lowest BCUT2D eigenvalue weighted by Crippen LogP contribution is -1.92. The van der Waals surface area contributed by atoms with E-state index in [0.717, 1.165) is 28.0 Å². The summed E-state index contributed by atoms with van der Waals surface area (Å²) < 4.78 is 5.27. The maximum Gasteiger partial charge on any atom is 0.130 e. The molecule has 0 aliphatic heterocycles. The van der Waals surface area contributed by atoms with Crippen LogP contribution in [0, 0.1) is 6.92 Å². The zero-order valence-electron chi connectivity index (χ0n) is 8.24. The SMILES string of the molecule is COc1cc(C)nc2ccc(N)cc12. The van der Waals surface area contributed by atoms with Gasteiger partial charge in [0, 0.05) is 22.8 Å². The van der Waals surface area contributed by atoms with E-state index in [1.807, 2.05) is 31.2 Å². The van der Waals surface area contributed by atoms with Crippen LogP contribution in [0.1, 0.15) is 5.69 Å². The molecular formula is C11H12N2O. The second-order valence-electron chi connectivity index (χ2n) is 3.24. The van der Waals surface area contributed by atoms with Gasteiger partial charge in [0.25, 0.3) is 0 Å². The summed E-state index contributed by atoms with van der Waals surface area (Å²) in [5, 5.41) is 0.957. The summed E-state index contributed by atoms with van der Waals surface area (Å²) in [5.74, 6) is 0.819. The fourth-order valence-electron chi connectivity index (χ4n) is 1.51. The molecule has 2 aromatic rings. The number of ether oxygens (including phenoxy) is 1. The Morgan fingerprint density at radius 3 is 2.79 bits per heavy atom.